The minimum absolute atomic E-state index is 0.502. The third-order valence-electron chi connectivity index (χ3n) is 10.4. The van der Waals surface area contributed by atoms with Gasteiger partial charge in [-0.1, -0.05) is 188 Å². The standard InChI is InChI=1S/C48H31N3/c1-4-17-34(18-5-1)45-49-46(38-27-14-19-32-16-10-11-25-37(32)38)51-47(50-45)40-28-15-20-33-30-31-42-44(43(33)40)39-26-12-13-29-41(39)48(42,35-21-6-2-7-22-35)36-23-8-3-9-24-36/h1-31H. The Morgan fingerprint density at radius 1 is 0.333 bits per heavy atom. The summed E-state index contributed by atoms with van der Waals surface area (Å²) in [4.78, 5) is 15.7. The molecular formula is C48H31N3. The maximum Gasteiger partial charge on any atom is 0.164 e. The van der Waals surface area contributed by atoms with Gasteiger partial charge in [-0.3, -0.25) is 0 Å². The highest BCUT2D eigenvalue weighted by atomic mass is 15.0. The maximum absolute atomic E-state index is 5.31. The molecule has 0 aliphatic heterocycles. The molecule has 9 aromatic rings. The van der Waals surface area contributed by atoms with Gasteiger partial charge >= 0.3 is 0 Å². The Kier molecular flexibility index (Phi) is 6.71. The molecule has 3 nitrogen and oxygen atoms in total. The van der Waals surface area contributed by atoms with E-state index in [9.17, 15) is 0 Å². The largest absolute Gasteiger partial charge is 0.208 e. The average Bonchev–Trinajstić information content (AvgIpc) is 3.52. The lowest BCUT2D eigenvalue weighted by Crippen LogP contribution is -2.28. The second-order valence-electron chi connectivity index (χ2n) is 13.1. The van der Waals surface area contributed by atoms with E-state index in [4.69, 9.17) is 15.0 Å². The van der Waals surface area contributed by atoms with E-state index in [1.807, 2.05) is 18.2 Å². The molecule has 10 rings (SSSR count). The molecule has 0 amide bonds. The molecule has 51 heavy (non-hydrogen) atoms. The lowest BCUT2D eigenvalue weighted by molar-refractivity contribution is 0.769. The Bertz CT molecular complexity index is 2690. The normalized spacial score (nSPS) is 12.9. The van der Waals surface area contributed by atoms with Crippen LogP contribution in [0.5, 0.6) is 0 Å². The molecule has 1 aliphatic carbocycles. The van der Waals surface area contributed by atoms with Gasteiger partial charge in [0, 0.05) is 22.1 Å². The van der Waals surface area contributed by atoms with Crippen LogP contribution in [0.3, 0.4) is 0 Å². The van der Waals surface area contributed by atoms with Gasteiger partial charge in [-0.15, -0.1) is 0 Å². The van der Waals surface area contributed by atoms with E-state index in [-0.39, 0.29) is 0 Å². The van der Waals surface area contributed by atoms with Crippen molar-refractivity contribution in [2.24, 2.45) is 0 Å². The summed E-state index contributed by atoms with van der Waals surface area (Å²) in [5, 5.41) is 4.55. The summed E-state index contributed by atoms with van der Waals surface area (Å²) in [5.41, 5.74) is 9.87. The fourth-order valence-electron chi connectivity index (χ4n) is 8.25. The number of hydrogen-bond acceptors (Lipinski definition) is 3. The number of hydrogen-bond donors (Lipinski definition) is 0. The molecule has 0 radical (unpaired) electrons. The zero-order valence-electron chi connectivity index (χ0n) is 27.7. The first-order valence-electron chi connectivity index (χ1n) is 17.4. The van der Waals surface area contributed by atoms with E-state index in [1.54, 1.807) is 0 Å². The Labute approximate surface area is 296 Å². The van der Waals surface area contributed by atoms with E-state index in [1.165, 1.54) is 33.4 Å². The number of fused-ring (bicyclic) bond motifs is 6. The molecule has 0 spiro atoms. The van der Waals surface area contributed by atoms with Crippen LogP contribution >= 0.6 is 0 Å². The van der Waals surface area contributed by atoms with Crippen molar-refractivity contribution in [3.8, 4) is 45.3 Å². The van der Waals surface area contributed by atoms with Crippen LogP contribution in [0.2, 0.25) is 0 Å². The molecule has 0 fully saturated rings. The summed E-state index contributed by atoms with van der Waals surface area (Å²) in [5.74, 6) is 1.96. The summed E-state index contributed by atoms with van der Waals surface area (Å²) in [6.07, 6.45) is 0. The Balaban J connectivity index is 1.31. The third kappa shape index (κ3) is 4.48. The van der Waals surface area contributed by atoms with Gasteiger partial charge in [-0.05, 0) is 49.5 Å². The molecule has 0 N–H and O–H groups in total. The summed E-state index contributed by atoms with van der Waals surface area (Å²) in [6, 6.07) is 66.9. The molecule has 0 atom stereocenters. The van der Waals surface area contributed by atoms with Gasteiger partial charge in [-0.25, -0.2) is 15.0 Å². The van der Waals surface area contributed by atoms with Gasteiger partial charge < -0.3 is 0 Å². The van der Waals surface area contributed by atoms with Gasteiger partial charge in [-0.2, -0.15) is 0 Å². The molecule has 1 aliphatic rings. The average molecular weight is 650 g/mol. The number of aromatic nitrogens is 3. The number of nitrogens with zero attached hydrogens (tertiary/aromatic N) is 3. The molecule has 0 saturated heterocycles. The lowest BCUT2D eigenvalue weighted by Gasteiger charge is -2.34. The van der Waals surface area contributed by atoms with Crippen LogP contribution < -0.4 is 0 Å². The summed E-state index contributed by atoms with van der Waals surface area (Å²) < 4.78 is 0. The zero-order chi connectivity index (χ0) is 33.8. The van der Waals surface area contributed by atoms with Gasteiger partial charge in [0.2, 0.25) is 0 Å². The predicted molar refractivity (Wildman–Crippen MR) is 208 cm³/mol. The smallest absolute Gasteiger partial charge is 0.164 e. The molecule has 0 bridgehead atoms. The van der Waals surface area contributed by atoms with Crippen molar-refractivity contribution in [2.45, 2.75) is 5.41 Å². The van der Waals surface area contributed by atoms with Crippen molar-refractivity contribution in [3.05, 3.63) is 210 Å². The monoisotopic (exact) mass is 649 g/mol. The molecule has 8 aromatic carbocycles. The summed E-state index contributed by atoms with van der Waals surface area (Å²) in [7, 11) is 0. The van der Waals surface area contributed by atoms with Gasteiger partial charge in [0.1, 0.15) is 0 Å². The SMILES string of the molecule is c1ccc(-c2nc(-c3cccc4ccccc34)nc(-c3cccc4ccc5c(c34)-c3ccccc3C5(c3ccccc3)c3ccccc3)n2)cc1. The van der Waals surface area contributed by atoms with Gasteiger partial charge in [0.05, 0.1) is 5.41 Å². The van der Waals surface area contributed by atoms with Crippen molar-refractivity contribution >= 4 is 21.5 Å². The minimum atomic E-state index is -0.502. The van der Waals surface area contributed by atoms with Crippen molar-refractivity contribution in [1.82, 2.24) is 15.0 Å². The van der Waals surface area contributed by atoms with E-state index < -0.39 is 5.41 Å². The van der Waals surface area contributed by atoms with Crippen LogP contribution in [0.25, 0.3) is 66.8 Å². The second-order valence-corrected chi connectivity index (χ2v) is 13.1. The first-order valence-corrected chi connectivity index (χ1v) is 17.4. The lowest BCUT2D eigenvalue weighted by atomic mass is 9.67. The second kappa shape index (κ2) is 11.7. The van der Waals surface area contributed by atoms with Crippen LogP contribution in [0.15, 0.2) is 188 Å². The molecule has 0 saturated carbocycles. The van der Waals surface area contributed by atoms with Crippen molar-refractivity contribution in [1.29, 1.82) is 0 Å². The molecule has 1 aromatic heterocycles. The maximum atomic E-state index is 5.31. The van der Waals surface area contributed by atoms with E-state index in [0.717, 1.165) is 38.2 Å². The van der Waals surface area contributed by atoms with Crippen LogP contribution in [-0.2, 0) is 5.41 Å². The van der Waals surface area contributed by atoms with Crippen LogP contribution in [0.4, 0.5) is 0 Å². The fraction of sp³-hybridized carbons (Fsp3) is 0.0208. The fourth-order valence-corrected chi connectivity index (χ4v) is 8.25. The summed E-state index contributed by atoms with van der Waals surface area (Å²) in [6.45, 7) is 0. The molecule has 238 valence electrons. The van der Waals surface area contributed by atoms with Crippen molar-refractivity contribution in [3.63, 3.8) is 0 Å². The van der Waals surface area contributed by atoms with Gasteiger partial charge in [0.15, 0.2) is 17.5 Å². The molecular weight excluding hydrogens is 619 g/mol. The summed E-state index contributed by atoms with van der Waals surface area (Å²) >= 11 is 0. The Morgan fingerprint density at radius 2 is 0.863 bits per heavy atom. The minimum Gasteiger partial charge on any atom is -0.208 e. The van der Waals surface area contributed by atoms with E-state index >= 15 is 0 Å². The third-order valence-corrected chi connectivity index (χ3v) is 10.4. The van der Waals surface area contributed by atoms with Crippen LogP contribution in [-0.4, -0.2) is 15.0 Å². The van der Waals surface area contributed by atoms with Crippen LogP contribution in [0.1, 0.15) is 22.3 Å². The quantitative estimate of drug-likeness (QED) is 0.186. The molecule has 3 heteroatoms. The highest BCUT2D eigenvalue weighted by Gasteiger charge is 2.46. The van der Waals surface area contributed by atoms with Crippen molar-refractivity contribution < 1.29 is 0 Å². The Hall–Kier alpha value is -6.71. The van der Waals surface area contributed by atoms with Crippen molar-refractivity contribution in [2.75, 3.05) is 0 Å². The Morgan fingerprint density at radius 3 is 1.61 bits per heavy atom. The van der Waals surface area contributed by atoms with E-state index in [2.05, 4.69) is 170 Å². The topological polar surface area (TPSA) is 38.7 Å². The first-order chi connectivity index (χ1) is 25.3. The van der Waals surface area contributed by atoms with E-state index in [0.29, 0.717) is 17.5 Å². The highest BCUT2D eigenvalue weighted by molar-refractivity contribution is 6.10. The predicted octanol–water partition coefficient (Wildman–Crippen LogP) is 11.5. The molecule has 1 heterocycles. The van der Waals surface area contributed by atoms with Gasteiger partial charge in [0.25, 0.3) is 0 Å². The first kappa shape index (κ1) is 29.2. The highest BCUT2D eigenvalue weighted by Crippen LogP contribution is 2.58. The zero-order valence-corrected chi connectivity index (χ0v) is 27.7. The number of benzene rings is 8. The number of rotatable bonds is 5. The molecule has 0 unspecified atom stereocenters. The van der Waals surface area contributed by atoms with Crippen LogP contribution in [0, 0.1) is 0 Å².